The van der Waals surface area contributed by atoms with Crippen LogP contribution in [0.2, 0.25) is 0 Å². The van der Waals surface area contributed by atoms with Gasteiger partial charge in [0.25, 0.3) is 0 Å². The Hall–Kier alpha value is -1.71. The molecule has 1 aromatic heterocycles. The van der Waals surface area contributed by atoms with Gasteiger partial charge in [-0.25, -0.2) is 4.79 Å². The van der Waals surface area contributed by atoms with Crippen LogP contribution in [0.5, 0.6) is 0 Å². The second-order valence-electron chi connectivity index (χ2n) is 2.76. The van der Waals surface area contributed by atoms with Gasteiger partial charge < -0.3 is 9.73 Å². The van der Waals surface area contributed by atoms with Crippen LogP contribution >= 0.6 is 0 Å². The standard InChI is InChI=1S/C9H10N2O2/c1-2-10-6-3-4-7-8(5-6)13-9(12)11-7/h3-5,10H,2H2,1H3,(H,11,12). The smallest absolute Gasteiger partial charge is 0.408 e. The van der Waals surface area contributed by atoms with Gasteiger partial charge in [0, 0.05) is 18.3 Å². The van der Waals surface area contributed by atoms with Crippen molar-refractivity contribution in [3.63, 3.8) is 0 Å². The van der Waals surface area contributed by atoms with Crippen LogP contribution in [-0.4, -0.2) is 11.5 Å². The number of aromatic amines is 1. The van der Waals surface area contributed by atoms with E-state index >= 15 is 0 Å². The lowest BCUT2D eigenvalue weighted by Gasteiger charge is -2.00. The van der Waals surface area contributed by atoms with E-state index in [0.29, 0.717) is 5.58 Å². The van der Waals surface area contributed by atoms with E-state index in [1.165, 1.54) is 0 Å². The highest BCUT2D eigenvalue weighted by Crippen LogP contribution is 2.15. The Bertz CT molecular complexity index is 470. The maximum absolute atomic E-state index is 10.8. The lowest BCUT2D eigenvalue weighted by atomic mass is 10.3. The van der Waals surface area contributed by atoms with Gasteiger partial charge in [-0.2, -0.15) is 0 Å². The molecule has 1 heterocycles. The van der Waals surface area contributed by atoms with Crippen molar-refractivity contribution in [2.24, 2.45) is 0 Å². The zero-order chi connectivity index (χ0) is 9.26. The molecule has 0 radical (unpaired) electrons. The highest BCUT2D eigenvalue weighted by atomic mass is 16.4. The zero-order valence-electron chi connectivity index (χ0n) is 7.26. The molecular weight excluding hydrogens is 168 g/mol. The summed E-state index contributed by atoms with van der Waals surface area (Å²) in [6.45, 7) is 2.86. The average Bonchev–Trinajstić information content (AvgIpc) is 2.44. The number of aromatic nitrogens is 1. The number of oxazole rings is 1. The normalized spacial score (nSPS) is 10.5. The van der Waals surface area contributed by atoms with Crippen LogP contribution in [0.1, 0.15) is 6.92 Å². The Balaban J connectivity index is 2.54. The molecule has 4 heteroatoms. The summed E-state index contributed by atoms with van der Waals surface area (Å²) in [6.07, 6.45) is 0. The van der Waals surface area contributed by atoms with E-state index in [9.17, 15) is 4.79 Å². The minimum atomic E-state index is -0.413. The molecule has 0 fully saturated rings. The van der Waals surface area contributed by atoms with Crippen LogP contribution in [0.25, 0.3) is 11.1 Å². The van der Waals surface area contributed by atoms with Gasteiger partial charge in [0.05, 0.1) is 5.52 Å². The van der Waals surface area contributed by atoms with E-state index < -0.39 is 5.76 Å². The molecule has 0 unspecified atom stereocenters. The van der Waals surface area contributed by atoms with Gasteiger partial charge >= 0.3 is 5.76 Å². The topological polar surface area (TPSA) is 58.0 Å². The van der Waals surface area contributed by atoms with Crippen LogP contribution < -0.4 is 11.1 Å². The summed E-state index contributed by atoms with van der Waals surface area (Å²) < 4.78 is 4.90. The molecule has 0 amide bonds. The molecule has 0 aliphatic carbocycles. The molecule has 0 atom stereocenters. The molecule has 13 heavy (non-hydrogen) atoms. The minimum Gasteiger partial charge on any atom is -0.408 e. The number of nitrogens with one attached hydrogen (secondary N) is 2. The Morgan fingerprint density at radius 2 is 2.38 bits per heavy atom. The number of benzene rings is 1. The average molecular weight is 178 g/mol. The first kappa shape index (κ1) is 7.91. The SMILES string of the molecule is CCNc1ccc2[nH]c(=O)oc2c1. The second-order valence-corrected chi connectivity index (χ2v) is 2.76. The molecule has 1 aromatic carbocycles. The molecule has 2 rings (SSSR count). The van der Waals surface area contributed by atoms with Crippen LogP contribution in [0.4, 0.5) is 5.69 Å². The minimum absolute atomic E-state index is 0.413. The fraction of sp³-hybridized carbons (Fsp3) is 0.222. The second kappa shape index (κ2) is 2.97. The van der Waals surface area contributed by atoms with Gasteiger partial charge in [-0.1, -0.05) is 0 Å². The third-order valence-electron chi connectivity index (χ3n) is 1.80. The van der Waals surface area contributed by atoms with Crippen molar-refractivity contribution in [1.29, 1.82) is 0 Å². The Morgan fingerprint density at radius 1 is 1.54 bits per heavy atom. The first-order valence-electron chi connectivity index (χ1n) is 4.16. The number of fused-ring (bicyclic) bond motifs is 1. The van der Waals surface area contributed by atoms with Crippen molar-refractivity contribution < 1.29 is 4.42 Å². The number of anilines is 1. The third kappa shape index (κ3) is 1.42. The van der Waals surface area contributed by atoms with Gasteiger partial charge in [-0.15, -0.1) is 0 Å². The van der Waals surface area contributed by atoms with Crippen molar-refractivity contribution in [1.82, 2.24) is 4.98 Å². The van der Waals surface area contributed by atoms with Gasteiger partial charge in [-0.3, -0.25) is 4.98 Å². The van der Waals surface area contributed by atoms with Gasteiger partial charge in [0.15, 0.2) is 5.58 Å². The number of H-pyrrole nitrogens is 1. The predicted molar refractivity (Wildman–Crippen MR) is 51.0 cm³/mol. The summed E-state index contributed by atoms with van der Waals surface area (Å²) in [5.41, 5.74) is 2.27. The quantitative estimate of drug-likeness (QED) is 0.733. The first-order valence-corrected chi connectivity index (χ1v) is 4.16. The third-order valence-corrected chi connectivity index (χ3v) is 1.80. The van der Waals surface area contributed by atoms with E-state index in [-0.39, 0.29) is 0 Å². The fourth-order valence-corrected chi connectivity index (χ4v) is 1.26. The summed E-state index contributed by atoms with van der Waals surface area (Å²) in [5.74, 6) is -0.413. The van der Waals surface area contributed by atoms with E-state index in [4.69, 9.17) is 4.42 Å². The summed E-state index contributed by atoms with van der Waals surface area (Å²) in [6, 6.07) is 5.52. The van der Waals surface area contributed by atoms with Crippen molar-refractivity contribution in [2.75, 3.05) is 11.9 Å². The lowest BCUT2D eigenvalue weighted by Crippen LogP contribution is -1.95. The van der Waals surface area contributed by atoms with Gasteiger partial charge in [-0.05, 0) is 19.1 Å². The molecule has 0 saturated heterocycles. The number of rotatable bonds is 2. The zero-order valence-corrected chi connectivity index (χ0v) is 7.26. The molecule has 0 aliphatic heterocycles. The summed E-state index contributed by atoms with van der Waals surface area (Å²) >= 11 is 0. The summed E-state index contributed by atoms with van der Waals surface area (Å²) in [7, 11) is 0. The van der Waals surface area contributed by atoms with Gasteiger partial charge in [0.1, 0.15) is 0 Å². The molecule has 0 bridgehead atoms. The molecule has 68 valence electrons. The molecule has 0 aliphatic rings. The first-order chi connectivity index (χ1) is 6.29. The Morgan fingerprint density at radius 3 is 3.15 bits per heavy atom. The largest absolute Gasteiger partial charge is 0.417 e. The van der Waals surface area contributed by atoms with E-state index in [1.54, 1.807) is 6.07 Å². The van der Waals surface area contributed by atoms with Crippen LogP contribution in [0.15, 0.2) is 27.4 Å². The van der Waals surface area contributed by atoms with Crippen molar-refractivity contribution in [3.05, 3.63) is 28.7 Å². The van der Waals surface area contributed by atoms with E-state index in [0.717, 1.165) is 17.7 Å². The Kier molecular flexibility index (Phi) is 1.81. The van der Waals surface area contributed by atoms with E-state index in [1.807, 2.05) is 19.1 Å². The molecular formula is C9H10N2O2. The summed E-state index contributed by atoms with van der Waals surface area (Å²) in [4.78, 5) is 13.4. The van der Waals surface area contributed by atoms with Crippen LogP contribution in [0.3, 0.4) is 0 Å². The number of hydrogen-bond donors (Lipinski definition) is 2. The molecule has 0 saturated carbocycles. The van der Waals surface area contributed by atoms with Gasteiger partial charge in [0.2, 0.25) is 0 Å². The molecule has 2 N–H and O–H groups in total. The lowest BCUT2D eigenvalue weighted by molar-refractivity contribution is 0.555. The van der Waals surface area contributed by atoms with Crippen molar-refractivity contribution >= 4 is 16.8 Å². The monoisotopic (exact) mass is 178 g/mol. The fourth-order valence-electron chi connectivity index (χ4n) is 1.26. The molecule has 2 aromatic rings. The van der Waals surface area contributed by atoms with Crippen LogP contribution in [-0.2, 0) is 0 Å². The van der Waals surface area contributed by atoms with Crippen LogP contribution in [0, 0.1) is 0 Å². The number of hydrogen-bond acceptors (Lipinski definition) is 3. The highest BCUT2D eigenvalue weighted by molar-refractivity contribution is 5.76. The highest BCUT2D eigenvalue weighted by Gasteiger charge is 2.00. The molecule has 4 nitrogen and oxygen atoms in total. The van der Waals surface area contributed by atoms with Crippen molar-refractivity contribution in [3.8, 4) is 0 Å². The Labute approximate surface area is 74.6 Å². The van der Waals surface area contributed by atoms with E-state index in [2.05, 4.69) is 10.3 Å². The summed E-state index contributed by atoms with van der Waals surface area (Å²) in [5, 5.41) is 3.13. The predicted octanol–water partition coefficient (Wildman–Crippen LogP) is 1.55. The maximum Gasteiger partial charge on any atom is 0.417 e. The van der Waals surface area contributed by atoms with Crippen molar-refractivity contribution in [2.45, 2.75) is 6.92 Å². The molecule has 0 spiro atoms. The maximum atomic E-state index is 10.8.